The maximum absolute atomic E-state index is 13.8. The van der Waals surface area contributed by atoms with E-state index >= 15 is 0 Å². The van der Waals surface area contributed by atoms with E-state index in [1.165, 1.54) is 12.1 Å². The fraction of sp³-hybridized carbons (Fsp3) is 0.200. The Morgan fingerprint density at radius 3 is 2.17 bits per heavy atom. The average Bonchev–Trinajstić information content (AvgIpc) is 3.43. The van der Waals surface area contributed by atoms with Crippen LogP contribution in [0.1, 0.15) is 38.8 Å². The predicted octanol–water partition coefficient (Wildman–Crippen LogP) is 5.98. The van der Waals surface area contributed by atoms with Gasteiger partial charge in [0.1, 0.15) is 12.4 Å². The third-order valence-corrected chi connectivity index (χ3v) is 5.49. The Bertz CT molecular complexity index is 1420. The van der Waals surface area contributed by atoms with Gasteiger partial charge in [-0.05, 0) is 38.5 Å². The molecule has 4 rings (SSSR count). The molecular formula is C25H20F5N3O3. The first-order chi connectivity index (χ1) is 17.1. The molecule has 0 bridgehead atoms. The molecule has 188 valence electrons. The Kier molecular flexibility index (Phi) is 6.82. The van der Waals surface area contributed by atoms with Crippen LogP contribution in [0.2, 0.25) is 0 Å². The molecule has 2 aromatic heterocycles. The molecule has 0 radical (unpaired) electrons. The van der Waals surface area contributed by atoms with Crippen LogP contribution in [-0.4, -0.2) is 15.7 Å². The van der Waals surface area contributed by atoms with Crippen molar-refractivity contribution < 1.29 is 35.9 Å². The molecule has 2 heterocycles. The van der Waals surface area contributed by atoms with Crippen LogP contribution >= 0.6 is 0 Å². The summed E-state index contributed by atoms with van der Waals surface area (Å²) in [6, 6.07) is 10.5. The van der Waals surface area contributed by atoms with Crippen molar-refractivity contribution >= 4 is 11.6 Å². The fourth-order valence-electron chi connectivity index (χ4n) is 3.51. The molecule has 0 unspecified atom stereocenters. The molecular weight excluding hydrogens is 485 g/mol. The zero-order chi connectivity index (χ0) is 26.1. The van der Waals surface area contributed by atoms with Crippen LogP contribution in [0.5, 0.6) is 5.75 Å². The van der Waals surface area contributed by atoms with Gasteiger partial charge < -0.3 is 14.5 Å². The summed E-state index contributed by atoms with van der Waals surface area (Å²) in [5, 5.41) is 7.19. The number of nitrogens with zero attached hydrogens (tertiary/aromatic N) is 2. The van der Waals surface area contributed by atoms with E-state index in [-0.39, 0.29) is 11.5 Å². The van der Waals surface area contributed by atoms with E-state index in [1.807, 2.05) is 31.2 Å². The van der Waals surface area contributed by atoms with Crippen molar-refractivity contribution in [1.29, 1.82) is 0 Å². The maximum Gasteiger partial charge on any atom is 0.291 e. The monoisotopic (exact) mass is 505 g/mol. The summed E-state index contributed by atoms with van der Waals surface area (Å²) in [6.45, 7) is 5.35. The largest absolute Gasteiger partial charge is 0.479 e. The van der Waals surface area contributed by atoms with Gasteiger partial charge in [0.25, 0.3) is 5.91 Å². The Morgan fingerprint density at radius 1 is 0.917 bits per heavy atom. The number of hydrogen-bond acceptors (Lipinski definition) is 4. The summed E-state index contributed by atoms with van der Waals surface area (Å²) >= 11 is 0. The molecule has 0 fully saturated rings. The van der Waals surface area contributed by atoms with Gasteiger partial charge >= 0.3 is 0 Å². The number of anilines is 1. The number of nitrogens with one attached hydrogen (secondary N) is 1. The highest BCUT2D eigenvalue weighted by Gasteiger charge is 2.27. The first-order valence-electron chi connectivity index (χ1n) is 10.7. The SMILES string of the molecule is Cc1ccc(Cn2nc(C)c(NC(=O)c3ccc(COc4c(F)c(F)c(F)c(F)c4F)o3)c2C)cc1. The van der Waals surface area contributed by atoms with Crippen molar-refractivity contribution in [2.75, 3.05) is 5.32 Å². The number of aromatic nitrogens is 2. The molecule has 0 aliphatic heterocycles. The van der Waals surface area contributed by atoms with Gasteiger partial charge in [-0.3, -0.25) is 9.48 Å². The molecule has 36 heavy (non-hydrogen) atoms. The molecule has 0 spiro atoms. The minimum atomic E-state index is -2.29. The van der Waals surface area contributed by atoms with Crippen LogP contribution in [0.15, 0.2) is 40.8 Å². The zero-order valence-electron chi connectivity index (χ0n) is 19.4. The highest BCUT2D eigenvalue weighted by Crippen LogP contribution is 2.30. The number of carbonyl (C=O) groups is 1. The van der Waals surface area contributed by atoms with Crippen molar-refractivity contribution in [2.24, 2.45) is 0 Å². The number of hydrogen-bond donors (Lipinski definition) is 1. The Hall–Kier alpha value is -4.15. The van der Waals surface area contributed by atoms with Crippen LogP contribution in [0, 0.1) is 49.9 Å². The summed E-state index contributed by atoms with van der Waals surface area (Å²) in [5.74, 6) is -13.1. The van der Waals surface area contributed by atoms with E-state index in [9.17, 15) is 26.7 Å². The lowest BCUT2D eigenvalue weighted by Crippen LogP contribution is -2.12. The third kappa shape index (κ3) is 4.81. The number of furan rings is 1. The highest BCUT2D eigenvalue weighted by molar-refractivity contribution is 6.02. The van der Waals surface area contributed by atoms with E-state index < -0.39 is 47.3 Å². The molecule has 0 saturated heterocycles. The van der Waals surface area contributed by atoms with Gasteiger partial charge in [0, 0.05) is 0 Å². The van der Waals surface area contributed by atoms with E-state index in [0.717, 1.165) is 11.1 Å². The summed E-state index contributed by atoms with van der Waals surface area (Å²) in [7, 11) is 0. The Balaban J connectivity index is 1.45. The summed E-state index contributed by atoms with van der Waals surface area (Å²) in [5.41, 5.74) is 3.95. The van der Waals surface area contributed by atoms with Gasteiger partial charge in [-0.1, -0.05) is 29.8 Å². The van der Waals surface area contributed by atoms with Crippen LogP contribution in [0.25, 0.3) is 0 Å². The van der Waals surface area contributed by atoms with E-state index in [2.05, 4.69) is 10.4 Å². The van der Waals surface area contributed by atoms with Gasteiger partial charge in [-0.15, -0.1) is 0 Å². The molecule has 0 atom stereocenters. The van der Waals surface area contributed by atoms with Gasteiger partial charge in [0.05, 0.1) is 23.6 Å². The predicted molar refractivity (Wildman–Crippen MR) is 119 cm³/mol. The number of aryl methyl sites for hydroxylation is 2. The van der Waals surface area contributed by atoms with E-state index in [4.69, 9.17) is 9.15 Å². The lowest BCUT2D eigenvalue weighted by Gasteiger charge is -2.09. The second-order valence-corrected chi connectivity index (χ2v) is 8.10. The molecule has 6 nitrogen and oxygen atoms in total. The number of benzene rings is 2. The number of amides is 1. The lowest BCUT2D eigenvalue weighted by atomic mass is 10.1. The molecule has 0 saturated carbocycles. The third-order valence-electron chi connectivity index (χ3n) is 5.49. The molecule has 11 heteroatoms. The normalized spacial score (nSPS) is 11.1. The summed E-state index contributed by atoms with van der Waals surface area (Å²) in [6.07, 6.45) is 0. The topological polar surface area (TPSA) is 69.3 Å². The first kappa shape index (κ1) is 25.0. The smallest absolute Gasteiger partial charge is 0.291 e. The highest BCUT2D eigenvalue weighted by atomic mass is 19.2. The number of halogens is 5. The average molecular weight is 505 g/mol. The quantitative estimate of drug-likeness (QED) is 0.191. The first-order valence-corrected chi connectivity index (χ1v) is 10.7. The molecule has 2 aromatic carbocycles. The van der Waals surface area contributed by atoms with Gasteiger partial charge in [-0.25, -0.2) is 13.2 Å². The van der Waals surface area contributed by atoms with E-state index in [1.54, 1.807) is 18.5 Å². The molecule has 0 aliphatic carbocycles. The van der Waals surface area contributed by atoms with Crippen molar-refractivity contribution in [3.05, 3.63) is 99.5 Å². The van der Waals surface area contributed by atoms with Crippen LogP contribution in [-0.2, 0) is 13.2 Å². The standard InChI is InChI=1S/C25H20F5N3O3/c1-12-4-6-15(7-5-12)10-33-14(3)23(13(2)32-33)31-25(34)17-9-8-16(36-17)11-35-24-21(29)19(27)18(26)20(28)22(24)30/h4-9H,10-11H2,1-3H3,(H,31,34). The Labute approximate surface area is 202 Å². The zero-order valence-corrected chi connectivity index (χ0v) is 19.4. The number of ether oxygens (including phenoxy) is 1. The van der Waals surface area contributed by atoms with Crippen molar-refractivity contribution in [3.8, 4) is 5.75 Å². The van der Waals surface area contributed by atoms with Crippen molar-refractivity contribution in [2.45, 2.75) is 33.9 Å². The lowest BCUT2D eigenvalue weighted by molar-refractivity contribution is 0.0992. The van der Waals surface area contributed by atoms with Gasteiger partial charge in [-0.2, -0.15) is 13.9 Å². The van der Waals surface area contributed by atoms with Crippen LogP contribution in [0.4, 0.5) is 27.6 Å². The second kappa shape index (κ2) is 9.84. The molecule has 1 N–H and O–H groups in total. The van der Waals surface area contributed by atoms with Crippen LogP contribution in [0.3, 0.4) is 0 Å². The van der Waals surface area contributed by atoms with Gasteiger partial charge in [0.2, 0.25) is 29.1 Å². The number of rotatable bonds is 7. The second-order valence-electron chi connectivity index (χ2n) is 8.10. The fourth-order valence-corrected chi connectivity index (χ4v) is 3.51. The minimum Gasteiger partial charge on any atom is -0.479 e. The van der Waals surface area contributed by atoms with Gasteiger partial charge in [0.15, 0.2) is 11.5 Å². The number of carbonyl (C=O) groups excluding carboxylic acids is 1. The maximum atomic E-state index is 13.8. The minimum absolute atomic E-state index is 0.0763. The molecule has 4 aromatic rings. The Morgan fingerprint density at radius 2 is 1.53 bits per heavy atom. The summed E-state index contributed by atoms with van der Waals surface area (Å²) < 4.78 is 79.2. The van der Waals surface area contributed by atoms with E-state index in [0.29, 0.717) is 23.6 Å². The van der Waals surface area contributed by atoms with Crippen molar-refractivity contribution in [1.82, 2.24) is 9.78 Å². The molecule has 1 amide bonds. The van der Waals surface area contributed by atoms with Crippen LogP contribution < -0.4 is 10.1 Å². The molecule has 0 aliphatic rings. The summed E-state index contributed by atoms with van der Waals surface area (Å²) in [4.78, 5) is 12.7. The van der Waals surface area contributed by atoms with Crippen molar-refractivity contribution in [3.63, 3.8) is 0 Å².